The molecule has 0 heterocycles. The van der Waals surface area contributed by atoms with Crippen LogP contribution in [0.5, 0.6) is 0 Å². The first-order valence-corrected chi connectivity index (χ1v) is 17.5. The number of carbonyl (C=O) groups excluding carboxylic acids is 2. The summed E-state index contributed by atoms with van der Waals surface area (Å²) in [5.74, 6) is -0.708. The van der Waals surface area contributed by atoms with Crippen LogP contribution in [0.25, 0.3) is 0 Å². The highest BCUT2D eigenvalue weighted by Gasteiger charge is 2.15. The molecule has 5 nitrogen and oxygen atoms in total. The van der Waals surface area contributed by atoms with Gasteiger partial charge >= 0.3 is 11.9 Å². The van der Waals surface area contributed by atoms with E-state index in [1.54, 1.807) is 0 Å². The Labute approximate surface area is 270 Å². The van der Waals surface area contributed by atoms with E-state index in [4.69, 9.17) is 9.47 Å². The van der Waals surface area contributed by atoms with Crippen molar-refractivity contribution in [2.45, 2.75) is 148 Å². The molecule has 0 aliphatic heterocycles. The van der Waals surface area contributed by atoms with Crippen molar-refractivity contribution in [2.75, 3.05) is 13.2 Å². The van der Waals surface area contributed by atoms with Gasteiger partial charge in [0.05, 0.1) is 6.61 Å². The zero-order valence-electron chi connectivity index (χ0n) is 28.1. The van der Waals surface area contributed by atoms with E-state index in [1.165, 1.54) is 57.8 Å². The van der Waals surface area contributed by atoms with Crippen molar-refractivity contribution >= 4 is 11.9 Å². The third-order valence-electron chi connectivity index (χ3n) is 6.99. The number of unbranched alkanes of at least 4 members (excludes halogenated alkanes) is 10. The Morgan fingerprint density at radius 3 is 1.55 bits per heavy atom. The quantitative estimate of drug-likeness (QED) is 0.0496. The average Bonchev–Trinajstić information content (AvgIpc) is 3.02. The van der Waals surface area contributed by atoms with Gasteiger partial charge in [0.2, 0.25) is 0 Å². The summed E-state index contributed by atoms with van der Waals surface area (Å²) in [5, 5.41) is 9.49. The Morgan fingerprint density at radius 1 is 0.523 bits per heavy atom. The van der Waals surface area contributed by atoms with Gasteiger partial charge in [-0.1, -0.05) is 132 Å². The summed E-state index contributed by atoms with van der Waals surface area (Å²) in [6.07, 6.45) is 45.4. The molecule has 0 spiro atoms. The second-order valence-corrected chi connectivity index (χ2v) is 11.2. The number of esters is 2. The maximum Gasteiger partial charge on any atom is 0.306 e. The van der Waals surface area contributed by atoms with Crippen LogP contribution in [0.1, 0.15) is 142 Å². The molecule has 1 atom stereocenters. The highest BCUT2D eigenvalue weighted by atomic mass is 16.6. The molecule has 0 aromatic heterocycles. The standard InChI is InChI=1S/C39H64O5/c1-3-5-7-9-11-13-15-16-17-18-19-20-21-22-24-26-28-30-32-34-39(42)44-37(35-40)36-43-38(41)33-31-29-27-25-23-14-12-10-8-6-4-2/h10-13,16-17,19-20,22,24,28,30,37,40H,3-9,14-15,18,21,23,25-27,29,31-36H2,1-2H3/b12-10-,13-11-,17-16-,20-19-,24-22-,30-28-/t37-/m0/s1. The lowest BCUT2D eigenvalue weighted by Crippen LogP contribution is -2.28. The summed E-state index contributed by atoms with van der Waals surface area (Å²) < 4.78 is 10.5. The Balaban J connectivity index is 3.77. The average molecular weight is 613 g/mol. The lowest BCUT2D eigenvalue weighted by atomic mass is 10.1. The fourth-order valence-corrected chi connectivity index (χ4v) is 4.28. The molecular formula is C39H64O5. The van der Waals surface area contributed by atoms with Gasteiger partial charge in [-0.2, -0.15) is 0 Å². The Kier molecular flexibility index (Phi) is 32.7. The Hall–Kier alpha value is -2.66. The molecule has 0 aromatic carbocycles. The summed E-state index contributed by atoms with van der Waals surface area (Å²) in [6, 6.07) is 0. The summed E-state index contributed by atoms with van der Waals surface area (Å²) in [4.78, 5) is 24.1. The van der Waals surface area contributed by atoms with Crippen LogP contribution < -0.4 is 0 Å². The van der Waals surface area contributed by atoms with E-state index in [9.17, 15) is 14.7 Å². The van der Waals surface area contributed by atoms with Crippen molar-refractivity contribution in [3.05, 3.63) is 72.9 Å². The normalized spacial score (nSPS) is 13.1. The molecular weight excluding hydrogens is 548 g/mol. The van der Waals surface area contributed by atoms with E-state index in [1.807, 2.05) is 12.2 Å². The molecule has 0 fully saturated rings. The van der Waals surface area contributed by atoms with Gasteiger partial charge in [0.1, 0.15) is 6.61 Å². The van der Waals surface area contributed by atoms with Crippen molar-refractivity contribution in [1.82, 2.24) is 0 Å². The van der Waals surface area contributed by atoms with Crippen LogP contribution in [-0.4, -0.2) is 36.4 Å². The van der Waals surface area contributed by atoms with E-state index in [2.05, 4.69) is 74.6 Å². The minimum Gasteiger partial charge on any atom is -0.462 e. The maximum absolute atomic E-state index is 12.1. The van der Waals surface area contributed by atoms with Crippen LogP contribution in [-0.2, 0) is 19.1 Å². The van der Waals surface area contributed by atoms with Crippen LogP contribution in [0, 0.1) is 0 Å². The molecule has 0 aliphatic rings. The zero-order valence-corrected chi connectivity index (χ0v) is 28.1. The number of ether oxygens (including phenoxy) is 2. The fourth-order valence-electron chi connectivity index (χ4n) is 4.28. The van der Waals surface area contributed by atoms with E-state index in [0.29, 0.717) is 12.8 Å². The molecule has 44 heavy (non-hydrogen) atoms. The Bertz CT molecular complexity index is 833. The number of allylic oxidation sites excluding steroid dienone is 12. The number of aliphatic hydroxyl groups excluding tert-OH is 1. The molecule has 5 heteroatoms. The molecule has 0 radical (unpaired) electrons. The highest BCUT2D eigenvalue weighted by Crippen LogP contribution is 2.09. The first-order chi connectivity index (χ1) is 21.6. The first-order valence-electron chi connectivity index (χ1n) is 17.5. The van der Waals surface area contributed by atoms with E-state index in [0.717, 1.165) is 51.4 Å². The van der Waals surface area contributed by atoms with Crippen molar-refractivity contribution in [1.29, 1.82) is 0 Å². The molecule has 0 aliphatic carbocycles. The number of hydrogen-bond acceptors (Lipinski definition) is 5. The van der Waals surface area contributed by atoms with Gasteiger partial charge in [-0.3, -0.25) is 9.59 Å². The number of rotatable bonds is 30. The van der Waals surface area contributed by atoms with Gasteiger partial charge in [0.15, 0.2) is 6.10 Å². The molecule has 0 unspecified atom stereocenters. The molecule has 0 bridgehead atoms. The monoisotopic (exact) mass is 612 g/mol. The predicted octanol–water partition coefficient (Wildman–Crippen LogP) is 10.6. The molecule has 0 saturated heterocycles. The van der Waals surface area contributed by atoms with Gasteiger partial charge in [-0.15, -0.1) is 0 Å². The molecule has 1 N–H and O–H groups in total. The van der Waals surface area contributed by atoms with Gasteiger partial charge in [0, 0.05) is 12.8 Å². The lowest BCUT2D eigenvalue weighted by Gasteiger charge is -2.15. The molecule has 0 amide bonds. The van der Waals surface area contributed by atoms with Gasteiger partial charge in [0.25, 0.3) is 0 Å². The second-order valence-electron chi connectivity index (χ2n) is 11.2. The van der Waals surface area contributed by atoms with Crippen molar-refractivity contribution < 1.29 is 24.2 Å². The number of carbonyl (C=O) groups is 2. The summed E-state index contributed by atoms with van der Waals surface area (Å²) in [5.41, 5.74) is 0. The second kappa shape index (κ2) is 34.8. The third kappa shape index (κ3) is 32.3. The number of aliphatic hydroxyl groups is 1. The van der Waals surface area contributed by atoms with Crippen LogP contribution in [0.2, 0.25) is 0 Å². The summed E-state index contributed by atoms with van der Waals surface area (Å²) >= 11 is 0. The maximum atomic E-state index is 12.1. The molecule has 0 rings (SSSR count). The number of hydrogen-bond donors (Lipinski definition) is 1. The van der Waals surface area contributed by atoms with Crippen LogP contribution in [0.4, 0.5) is 0 Å². The highest BCUT2D eigenvalue weighted by molar-refractivity contribution is 5.70. The van der Waals surface area contributed by atoms with Crippen molar-refractivity contribution in [3.63, 3.8) is 0 Å². The van der Waals surface area contributed by atoms with Crippen LogP contribution in [0.15, 0.2) is 72.9 Å². The summed E-state index contributed by atoms with van der Waals surface area (Å²) in [7, 11) is 0. The zero-order chi connectivity index (χ0) is 32.2. The van der Waals surface area contributed by atoms with Crippen molar-refractivity contribution in [3.8, 4) is 0 Å². The SMILES string of the molecule is CCCC/C=C\CCCCCCCC(=O)OC[C@H](CO)OC(=O)CC/C=C\C/C=C\C/C=C\C/C=C\C/C=C\CCCCC. The topological polar surface area (TPSA) is 72.8 Å². The molecule has 0 aromatic rings. The third-order valence-corrected chi connectivity index (χ3v) is 6.99. The van der Waals surface area contributed by atoms with Gasteiger partial charge in [-0.05, 0) is 70.6 Å². The largest absolute Gasteiger partial charge is 0.462 e. The molecule has 0 saturated carbocycles. The summed E-state index contributed by atoms with van der Waals surface area (Å²) in [6.45, 7) is 3.97. The van der Waals surface area contributed by atoms with E-state index in [-0.39, 0.29) is 25.6 Å². The van der Waals surface area contributed by atoms with E-state index < -0.39 is 12.1 Å². The minimum absolute atomic E-state index is 0.104. The van der Waals surface area contributed by atoms with Crippen LogP contribution >= 0.6 is 0 Å². The fraction of sp³-hybridized carbons (Fsp3) is 0.641. The van der Waals surface area contributed by atoms with E-state index >= 15 is 0 Å². The van der Waals surface area contributed by atoms with Crippen LogP contribution in [0.3, 0.4) is 0 Å². The minimum atomic E-state index is -0.815. The predicted molar refractivity (Wildman–Crippen MR) is 186 cm³/mol. The van der Waals surface area contributed by atoms with Gasteiger partial charge < -0.3 is 14.6 Å². The molecule has 250 valence electrons. The van der Waals surface area contributed by atoms with Crippen molar-refractivity contribution in [2.24, 2.45) is 0 Å². The first kappa shape index (κ1) is 41.3. The smallest absolute Gasteiger partial charge is 0.306 e. The Morgan fingerprint density at radius 2 is 0.977 bits per heavy atom. The lowest BCUT2D eigenvalue weighted by molar-refractivity contribution is -0.161. The van der Waals surface area contributed by atoms with Gasteiger partial charge in [-0.25, -0.2) is 0 Å².